The summed E-state index contributed by atoms with van der Waals surface area (Å²) in [6, 6.07) is 13.5. The van der Waals surface area contributed by atoms with Gasteiger partial charge in [-0.15, -0.1) is 0 Å². The number of pyridine rings is 1. The van der Waals surface area contributed by atoms with E-state index in [9.17, 15) is 8.78 Å². The molecule has 1 atom stereocenters. The molecule has 2 aromatic carbocycles. The molecule has 176 valence electrons. The Hall–Kier alpha value is -3.58. The van der Waals surface area contributed by atoms with E-state index in [1.165, 1.54) is 18.2 Å². The SMILES string of the molecule is C/C(=C\NC1CCCN(Cc2c(F)cccc2F)C1)c1ccc(N)c(C(=N)c2ccncc2)c1. The minimum Gasteiger partial charge on any atom is -0.398 e. The van der Waals surface area contributed by atoms with Crippen LogP contribution in [-0.4, -0.2) is 34.7 Å². The molecule has 5 nitrogen and oxygen atoms in total. The number of aromatic nitrogens is 1. The Morgan fingerprint density at radius 3 is 2.62 bits per heavy atom. The largest absolute Gasteiger partial charge is 0.398 e. The first kappa shape index (κ1) is 23.6. The molecule has 0 aliphatic carbocycles. The lowest BCUT2D eigenvalue weighted by atomic mass is 9.97. The summed E-state index contributed by atoms with van der Waals surface area (Å²) in [4.78, 5) is 6.10. The number of rotatable bonds is 7. The van der Waals surface area contributed by atoms with Crippen LogP contribution < -0.4 is 11.1 Å². The second-order valence-corrected chi connectivity index (χ2v) is 8.68. The molecule has 4 rings (SSSR count). The predicted molar refractivity (Wildman–Crippen MR) is 132 cm³/mol. The van der Waals surface area contributed by atoms with Gasteiger partial charge in [0.1, 0.15) is 11.6 Å². The van der Waals surface area contributed by atoms with Crippen LogP contribution in [0.4, 0.5) is 14.5 Å². The zero-order valence-electron chi connectivity index (χ0n) is 19.2. The van der Waals surface area contributed by atoms with Gasteiger partial charge in [0, 0.05) is 60.1 Å². The molecule has 34 heavy (non-hydrogen) atoms. The first-order valence-electron chi connectivity index (χ1n) is 11.4. The van der Waals surface area contributed by atoms with E-state index < -0.39 is 11.6 Å². The Morgan fingerprint density at radius 1 is 1.15 bits per heavy atom. The number of nitrogen functional groups attached to an aromatic ring is 1. The van der Waals surface area contributed by atoms with Crippen molar-refractivity contribution in [2.24, 2.45) is 0 Å². The van der Waals surface area contributed by atoms with Crippen LogP contribution in [0.15, 0.2) is 67.1 Å². The average Bonchev–Trinajstić information content (AvgIpc) is 2.85. The van der Waals surface area contributed by atoms with Gasteiger partial charge in [0.25, 0.3) is 0 Å². The molecule has 3 aromatic rings. The molecule has 0 radical (unpaired) electrons. The molecule has 0 amide bonds. The number of piperidine rings is 1. The Bertz CT molecular complexity index is 1170. The monoisotopic (exact) mass is 461 g/mol. The van der Waals surface area contributed by atoms with E-state index in [-0.39, 0.29) is 18.2 Å². The van der Waals surface area contributed by atoms with Crippen molar-refractivity contribution in [1.82, 2.24) is 15.2 Å². The van der Waals surface area contributed by atoms with Gasteiger partial charge in [0.15, 0.2) is 0 Å². The summed E-state index contributed by atoms with van der Waals surface area (Å²) in [5.74, 6) is -0.996. The van der Waals surface area contributed by atoms with Crippen molar-refractivity contribution in [2.45, 2.75) is 32.4 Å². The van der Waals surface area contributed by atoms with Crippen LogP contribution in [-0.2, 0) is 6.54 Å². The van der Waals surface area contributed by atoms with Crippen molar-refractivity contribution in [3.05, 3.63) is 101 Å². The van der Waals surface area contributed by atoms with E-state index in [1.807, 2.05) is 31.3 Å². The summed E-state index contributed by atoms with van der Waals surface area (Å²) in [5.41, 5.74) is 10.6. The maximum atomic E-state index is 14.1. The fourth-order valence-corrected chi connectivity index (χ4v) is 4.26. The normalized spacial score (nSPS) is 16.9. The molecular weight excluding hydrogens is 432 g/mol. The topological polar surface area (TPSA) is 78.0 Å². The zero-order valence-corrected chi connectivity index (χ0v) is 19.2. The van der Waals surface area contributed by atoms with Crippen molar-refractivity contribution in [3.8, 4) is 0 Å². The van der Waals surface area contributed by atoms with E-state index in [0.29, 0.717) is 23.5 Å². The van der Waals surface area contributed by atoms with Gasteiger partial charge in [-0.05, 0) is 73.8 Å². The maximum absolute atomic E-state index is 14.1. The molecule has 0 bridgehead atoms. The summed E-state index contributed by atoms with van der Waals surface area (Å²) in [6.07, 6.45) is 7.23. The quantitative estimate of drug-likeness (QED) is 0.343. The van der Waals surface area contributed by atoms with Crippen LogP contribution in [0.2, 0.25) is 0 Å². The Labute approximate surface area is 198 Å². The number of hydrogen-bond acceptors (Lipinski definition) is 5. The molecule has 1 aromatic heterocycles. The van der Waals surface area contributed by atoms with Crippen LogP contribution in [0.1, 0.15) is 42.0 Å². The molecule has 0 saturated carbocycles. The smallest absolute Gasteiger partial charge is 0.130 e. The third-order valence-electron chi connectivity index (χ3n) is 6.23. The summed E-state index contributed by atoms with van der Waals surface area (Å²) in [6.45, 7) is 3.79. The number of halogens is 2. The van der Waals surface area contributed by atoms with E-state index >= 15 is 0 Å². The Kier molecular flexibility index (Phi) is 7.33. The lowest BCUT2D eigenvalue weighted by molar-refractivity contribution is 0.186. The Balaban J connectivity index is 1.43. The standard InChI is InChI=1S/C27H29F2N5/c1-18(20-7-8-26(30)22(14-20)27(31)19-9-11-32-12-10-19)15-33-21-4-3-13-34(16-21)17-23-24(28)5-2-6-25(23)29/h2,5-12,14-15,21,31,33H,3-4,13,16-17,30H2,1H3/b18-15+,31-27?. The van der Waals surface area contributed by atoms with Crippen LogP contribution in [0.25, 0.3) is 5.57 Å². The third kappa shape index (κ3) is 5.48. The van der Waals surface area contributed by atoms with Crippen LogP contribution in [0.3, 0.4) is 0 Å². The number of allylic oxidation sites excluding steroid dienone is 1. The molecule has 2 heterocycles. The molecular formula is C27H29F2N5. The van der Waals surface area contributed by atoms with E-state index in [2.05, 4.69) is 15.2 Å². The lowest BCUT2D eigenvalue weighted by Gasteiger charge is -2.33. The van der Waals surface area contributed by atoms with Gasteiger partial charge in [-0.25, -0.2) is 8.78 Å². The van der Waals surface area contributed by atoms with Gasteiger partial charge >= 0.3 is 0 Å². The summed E-state index contributed by atoms with van der Waals surface area (Å²) < 4.78 is 28.1. The first-order chi connectivity index (χ1) is 16.4. The maximum Gasteiger partial charge on any atom is 0.130 e. The number of likely N-dealkylation sites (tertiary alicyclic amines) is 1. The van der Waals surface area contributed by atoms with E-state index in [1.54, 1.807) is 24.5 Å². The highest BCUT2D eigenvalue weighted by atomic mass is 19.1. The van der Waals surface area contributed by atoms with Crippen molar-refractivity contribution in [2.75, 3.05) is 18.8 Å². The van der Waals surface area contributed by atoms with Gasteiger partial charge in [-0.2, -0.15) is 0 Å². The van der Waals surface area contributed by atoms with Gasteiger partial charge in [-0.3, -0.25) is 15.3 Å². The van der Waals surface area contributed by atoms with E-state index in [0.717, 1.165) is 36.1 Å². The minimum atomic E-state index is -0.498. The van der Waals surface area contributed by atoms with Gasteiger partial charge in [0.2, 0.25) is 0 Å². The molecule has 1 fully saturated rings. The third-order valence-corrected chi connectivity index (χ3v) is 6.23. The molecule has 1 saturated heterocycles. The molecule has 7 heteroatoms. The van der Waals surface area contributed by atoms with Crippen molar-refractivity contribution in [3.63, 3.8) is 0 Å². The molecule has 1 aliphatic heterocycles. The van der Waals surface area contributed by atoms with Gasteiger partial charge in [-0.1, -0.05) is 12.1 Å². The van der Waals surface area contributed by atoms with E-state index in [4.69, 9.17) is 11.1 Å². The highest BCUT2D eigenvalue weighted by Gasteiger charge is 2.21. The average molecular weight is 462 g/mol. The second kappa shape index (κ2) is 10.6. The number of nitrogens with zero attached hydrogens (tertiary/aromatic N) is 2. The van der Waals surface area contributed by atoms with Crippen molar-refractivity contribution in [1.29, 1.82) is 5.41 Å². The fourth-order valence-electron chi connectivity index (χ4n) is 4.26. The molecule has 1 aliphatic rings. The number of nitrogens with one attached hydrogen (secondary N) is 2. The van der Waals surface area contributed by atoms with Gasteiger partial charge < -0.3 is 11.1 Å². The number of anilines is 1. The second-order valence-electron chi connectivity index (χ2n) is 8.68. The highest BCUT2D eigenvalue weighted by Crippen LogP contribution is 2.23. The minimum absolute atomic E-state index is 0.126. The van der Waals surface area contributed by atoms with Crippen molar-refractivity contribution >= 4 is 17.0 Å². The van der Waals surface area contributed by atoms with Crippen LogP contribution in [0.5, 0.6) is 0 Å². The fraction of sp³-hybridized carbons (Fsp3) is 0.259. The lowest BCUT2D eigenvalue weighted by Crippen LogP contribution is -2.43. The summed E-state index contributed by atoms with van der Waals surface area (Å²) >= 11 is 0. The zero-order chi connectivity index (χ0) is 24.1. The number of benzene rings is 2. The van der Waals surface area contributed by atoms with Crippen LogP contribution >= 0.6 is 0 Å². The number of hydrogen-bond donors (Lipinski definition) is 3. The Morgan fingerprint density at radius 2 is 1.88 bits per heavy atom. The van der Waals surface area contributed by atoms with Gasteiger partial charge in [0.05, 0.1) is 5.71 Å². The highest BCUT2D eigenvalue weighted by molar-refractivity contribution is 6.14. The summed E-state index contributed by atoms with van der Waals surface area (Å²) in [7, 11) is 0. The molecule has 1 unspecified atom stereocenters. The van der Waals surface area contributed by atoms with Crippen LogP contribution in [0, 0.1) is 17.0 Å². The molecule has 4 N–H and O–H groups in total. The number of nitrogens with two attached hydrogens (primary N) is 1. The summed E-state index contributed by atoms with van der Waals surface area (Å²) in [5, 5.41) is 12.0. The predicted octanol–water partition coefficient (Wildman–Crippen LogP) is 4.97. The molecule has 0 spiro atoms. The van der Waals surface area contributed by atoms with Crippen molar-refractivity contribution < 1.29 is 8.78 Å². The first-order valence-corrected chi connectivity index (χ1v) is 11.4.